The number of rotatable bonds is 1. The second-order valence-electron chi connectivity index (χ2n) is 3.36. The molecule has 1 radical (unpaired) electrons. The standard InChI is InChI=1S/C10H9N2/c1-2-8(1)9-3-4-12-7-11-6-10(12)5-9/h3-4,6-8H,1-2H2. The lowest BCUT2D eigenvalue weighted by atomic mass is 10.2. The lowest BCUT2D eigenvalue weighted by Gasteiger charge is -1.97. The quantitative estimate of drug-likeness (QED) is 0.619. The fraction of sp³-hybridized carbons (Fsp3) is 0.300. The summed E-state index contributed by atoms with van der Waals surface area (Å²) in [6, 6.07) is 5.51. The number of nitrogens with zero attached hydrogens (tertiary/aromatic N) is 2. The first-order valence-electron chi connectivity index (χ1n) is 4.27. The molecule has 0 amide bonds. The van der Waals surface area contributed by atoms with Crippen LogP contribution in [0.2, 0.25) is 0 Å². The van der Waals surface area contributed by atoms with E-state index in [-0.39, 0.29) is 0 Å². The van der Waals surface area contributed by atoms with E-state index in [1.54, 1.807) is 0 Å². The molecule has 0 unspecified atom stereocenters. The summed E-state index contributed by atoms with van der Waals surface area (Å²) in [7, 11) is 0. The van der Waals surface area contributed by atoms with Gasteiger partial charge in [-0.15, -0.1) is 0 Å². The molecule has 1 aliphatic rings. The minimum absolute atomic E-state index is 0.782. The summed E-state index contributed by atoms with van der Waals surface area (Å²) in [5.74, 6) is 0.782. The molecule has 2 heteroatoms. The average molecular weight is 157 g/mol. The summed E-state index contributed by atoms with van der Waals surface area (Å²) in [6.07, 6.45) is 8.39. The minimum Gasteiger partial charge on any atom is -0.306 e. The van der Waals surface area contributed by atoms with E-state index in [0.29, 0.717) is 0 Å². The largest absolute Gasteiger partial charge is 0.306 e. The smallest absolute Gasteiger partial charge is 0.0992 e. The van der Waals surface area contributed by atoms with Gasteiger partial charge in [0.15, 0.2) is 0 Å². The molecular weight excluding hydrogens is 148 g/mol. The summed E-state index contributed by atoms with van der Waals surface area (Å²) in [5.41, 5.74) is 2.43. The van der Waals surface area contributed by atoms with Crippen molar-refractivity contribution in [1.82, 2.24) is 9.38 Å². The Morgan fingerprint density at radius 3 is 3.25 bits per heavy atom. The normalized spacial score (nSPS) is 17.0. The zero-order chi connectivity index (χ0) is 7.97. The van der Waals surface area contributed by atoms with Gasteiger partial charge in [0.1, 0.15) is 0 Å². The first kappa shape index (κ1) is 6.23. The van der Waals surface area contributed by atoms with Crippen LogP contribution in [0.15, 0.2) is 24.8 Å². The first-order chi connectivity index (χ1) is 5.93. The van der Waals surface area contributed by atoms with Gasteiger partial charge >= 0.3 is 0 Å². The summed E-state index contributed by atoms with van der Waals surface area (Å²) in [4.78, 5) is 4.05. The van der Waals surface area contributed by atoms with Crippen LogP contribution < -0.4 is 0 Å². The van der Waals surface area contributed by atoms with Gasteiger partial charge in [-0.2, -0.15) is 0 Å². The number of hydrogen-bond acceptors (Lipinski definition) is 1. The molecular formula is C10H9N2. The zero-order valence-electron chi connectivity index (χ0n) is 6.70. The van der Waals surface area contributed by atoms with Crippen molar-refractivity contribution in [1.29, 1.82) is 0 Å². The number of fused-ring (bicyclic) bond motifs is 1. The summed E-state index contributed by atoms with van der Waals surface area (Å²) in [5, 5.41) is 0. The minimum atomic E-state index is 0.782. The first-order valence-corrected chi connectivity index (χ1v) is 4.27. The molecule has 0 saturated heterocycles. The third-order valence-electron chi connectivity index (χ3n) is 2.37. The molecule has 1 fully saturated rings. The van der Waals surface area contributed by atoms with Crippen LogP contribution in [0.1, 0.15) is 24.3 Å². The van der Waals surface area contributed by atoms with E-state index >= 15 is 0 Å². The Balaban J connectivity index is 2.21. The van der Waals surface area contributed by atoms with Crippen molar-refractivity contribution in [2.75, 3.05) is 0 Å². The molecule has 0 aromatic carbocycles. The molecule has 3 rings (SSSR count). The van der Waals surface area contributed by atoms with Gasteiger partial charge in [-0.05, 0) is 30.4 Å². The van der Waals surface area contributed by atoms with Crippen molar-refractivity contribution >= 4 is 5.52 Å². The molecule has 0 spiro atoms. The predicted octanol–water partition coefficient (Wildman–Crippen LogP) is 2.01. The molecule has 59 valence electrons. The van der Waals surface area contributed by atoms with Crippen molar-refractivity contribution < 1.29 is 0 Å². The third kappa shape index (κ3) is 0.843. The maximum atomic E-state index is 4.05. The molecule has 12 heavy (non-hydrogen) atoms. The van der Waals surface area contributed by atoms with Crippen molar-refractivity contribution in [3.05, 3.63) is 36.4 Å². The Labute approximate surface area is 70.9 Å². The van der Waals surface area contributed by atoms with Gasteiger partial charge in [0.05, 0.1) is 18.0 Å². The number of hydrogen-bond donors (Lipinski definition) is 0. The van der Waals surface area contributed by atoms with Crippen LogP contribution in [0.25, 0.3) is 5.52 Å². The lowest BCUT2D eigenvalue weighted by Crippen LogP contribution is -1.85. The van der Waals surface area contributed by atoms with Gasteiger partial charge < -0.3 is 4.40 Å². The SMILES string of the molecule is [c]1c(C2CC2)ccn2cncc12. The van der Waals surface area contributed by atoms with E-state index < -0.39 is 0 Å². The lowest BCUT2D eigenvalue weighted by molar-refractivity contribution is 1.08. The summed E-state index contributed by atoms with van der Waals surface area (Å²) < 4.78 is 1.99. The number of imidazole rings is 1. The molecule has 2 aromatic heterocycles. The Kier molecular flexibility index (Phi) is 1.09. The van der Waals surface area contributed by atoms with Crippen LogP contribution in [0.3, 0.4) is 0 Å². The van der Waals surface area contributed by atoms with E-state index in [1.165, 1.54) is 18.4 Å². The molecule has 2 nitrogen and oxygen atoms in total. The van der Waals surface area contributed by atoms with Crippen LogP contribution in [-0.4, -0.2) is 9.38 Å². The zero-order valence-corrected chi connectivity index (χ0v) is 6.70. The molecule has 1 aliphatic carbocycles. The molecule has 0 N–H and O–H groups in total. The van der Waals surface area contributed by atoms with Gasteiger partial charge in [-0.3, -0.25) is 0 Å². The van der Waals surface area contributed by atoms with Gasteiger partial charge in [-0.1, -0.05) is 0 Å². The fourth-order valence-electron chi connectivity index (χ4n) is 1.50. The molecule has 0 aliphatic heterocycles. The van der Waals surface area contributed by atoms with Crippen molar-refractivity contribution in [2.45, 2.75) is 18.8 Å². The van der Waals surface area contributed by atoms with Crippen molar-refractivity contribution in [3.8, 4) is 0 Å². The second-order valence-corrected chi connectivity index (χ2v) is 3.36. The maximum Gasteiger partial charge on any atom is 0.0992 e. The van der Waals surface area contributed by atoms with Crippen LogP contribution in [0.5, 0.6) is 0 Å². The monoisotopic (exact) mass is 157 g/mol. The third-order valence-corrected chi connectivity index (χ3v) is 2.37. The van der Waals surface area contributed by atoms with E-state index in [9.17, 15) is 0 Å². The van der Waals surface area contributed by atoms with Gasteiger partial charge in [-0.25, -0.2) is 4.98 Å². The fourth-order valence-corrected chi connectivity index (χ4v) is 1.50. The van der Waals surface area contributed by atoms with Gasteiger partial charge in [0.2, 0.25) is 0 Å². The van der Waals surface area contributed by atoms with Gasteiger partial charge in [0, 0.05) is 12.3 Å². The predicted molar refractivity (Wildman–Crippen MR) is 46.0 cm³/mol. The maximum absolute atomic E-state index is 4.05. The van der Waals surface area contributed by atoms with E-state index in [1.807, 2.05) is 16.9 Å². The van der Waals surface area contributed by atoms with Crippen molar-refractivity contribution in [3.63, 3.8) is 0 Å². The molecule has 2 heterocycles. The van der Waals surface area contributed by atoms with Crippen LogP contribution in [0, 0.1) is 6.07 Å². The summed E-state index contributed by atoms with van der Waals surface area (Å²) >= 11 is 0. The van der Waals surface area contributed by atoms with Crippen LogP contribution >= 0.6 is 0 Å². The molecule has 1 saturated carbocycles. The highest BCUT2D eigenvalue weighted by Gasteiger charge is 2.23. The van der Waals surface area contributed by atoms with E-state index in [4.69, 9.17) is 0 Å². The highest BCUT2D eigenvalue weighted by Crippen LogP contribution is 2.39. The average Bonchev–Trinajstić information content (AvgIpc) is 2.84. The Bertz CT molecular complexity index is 412. The Morgan fingerprint density at radius 2 is 2.42 bits per heavy atom. The van der Waals surface area contributed by atoms with E-state index in [0.717, 1.165) is 11.4 Å². The topological polar surface area (TPSA) is 17.3 Å². The Hall–Kier alpha value is -1.31. The van der Waals surface area contributed by atoms with Crippen LogP contribution in [-0.2, 0) is 0 Å². The molecule has 0 bridgehead atoms. The van der Waals surface area contributed by atoms with Gasteiger partial charge in [0.25, 0.3) is 0 Å². The second kappa shape index (κ2) is 2.09. The molecule has 2 aromatic rings. The summed E-state index contributed by atoms with van der Waals surface area (Å²) in [6.45, 7) is 0. The Morgan fingerprint density at radius 1 is 1.50 bits per heavy atom. The molecule has 0 atom stereocenters. The van der Waals surface area contributed by atoms with Crippen LogP contribution in [0.4, 0.5) is 0 Å². The van der Waals surface area contributed by atoms with Crippen molar-refractivity contribution in [2.24, 2.45) is 0 Å². The van der Waals surface area contributed by atoms with E-state index in [2.05, 4.69) is 23.3 Å². The number of aromatic nitrogens is 2. The highest BCUT2D eigenvalue weighted by molar-refractivity contribution is 5.46. The highest BCUT2D eigenvalue weighted by atomic mass is 15.0. The number of pyridine rings is 1.